The molecule has 1 aliphatic rings. The third kappa shape index (κ3) is 4.52. The molecule has 2 atom stereocenters. The lowest BCUT2D eigenvalue weighted by atomic mass is 9.89. The van der Waals surface area contributed by atoms with Gasteiger partial charge in [0.2, 0.25) is 0 Å². The highest BCUT2D eigenvalue weighted by atomic mass is 32.2. The SMILES string of the molecule is CCN(CC1(C)CCNC1)C(C)CS(=O)(=O)CC. The molecule has 1 rings (SSSR count). The van der Waals surface area contributed by atoms with E-state index in [0.717, 1.165) is 26.2 Å². The van der Waals surface area contributed by atoms with E-state index in [4.69, 9.17) is 0 Å². The van der Waals surface area contributed by atoms with Gasteiger partial charge in [0.25, 0.3) is 0 Å². The monoisotopic (exact) mass is 276 g/mol. The lowest BCUT2D eigenvalue weighted by Gasteiger charge is -2.35. The van der Waals surface area contributed by atoms with E-state index in [-0.39, 0.29) is 17.5 Å². The molecular weight excluding hydrogens is 248 g/mol. The normalized spacial score (nSPS) is 26.7. The van der Waals surface area contributed by atoms with Crippen molar-refractivity contribution in [3.8, 4) is 0 Å². The molecule has 0 aliphatic carbocycles. The van der Waals surface area contributed by atoms with Crippen LogP contribution in [0.25, 0.3) is 0 Å². The van der Waals surface area contributed by atoms with Crippen molar-refractivity contribution >= 4 is 9.84 Å². The standard InChI is InChI=1S/C13H28N2O2S/c1-5-15(11-13(4)7-8-14-10-13)12(3)9-18(16,17)6-2/h12,14H,5-11H2,1-4H3. The Morgan fingerprint density at radius 3 is 2.50 bits per heavy atom. The van der Waals surface area contributed by atoms with Crippen molar-refractivity contribution in [3.05, 3.63) is 0 Å². The minimum Gasteiger partial charge on any atom is -0.316 e. The van der Waals surface area contributed by atoms with Gasteiger partial charge >= 0.3 is 0 Å². The molecule has 2 unspecified atom stereocenters. The van der Waals surface area contributed by atoms with Crippen LogP contribution in [0.2, 0.25) is 0 Å². The summed E-state index contributed by atoms with van der Waals surface area (Å²) in [5.74, 6) is 0.522. The third-order valence-electron chi connectivity index (χ3n) is 4.01. The van der Waals surface area contributed by atoms with Gasteiger partial charge in [-0.1, -0.05) is 20.8 Å². The predicted octanol–water partition coefficient (Wildman–Crippen LogP) is 1.13. The summed E-state index contributed by atoms with van der Waals surface area (Å²) in [6, 6.07) is 0.109. The first-order valence-electron chi connectivity index (χ1n) is 6.97. The number of hydrogen-bond acceptors (Lipinski definition) is 4. The highest BCUT2D eigenvalue weighted by molar-refractivity contribution is 7.91. The Kier molecular flexibility index (Phi) is 5.62. The number of rotatable bonds is 7. The van der Waals surface area contributed by atoms with Crippen molar-refractivity contribution in [2.24, 2.45) is 5.41 Å². The van der Waals surface area contributed by atoms with Crippen LogP contribution in [0.4, 0.5) is 0 Å². The zero-order chi connectivity index (χ0) is 13.8. The van der Waals surface area contributed by atoms with E-state index in [9.17, 15) is 8.42 Å². The van der Waals surface area contributed by atoms with Gasteiger partial charge in [0.05, 0.1) is 5.75 Å². The number of sulfone groups is 1. The molecule has 1 aliphatic heterocycles. The Hall–Kier alpha value is -0.130. The first kappa shape index (κ1) is 15.9. The molecule has 0 amide bonds. The Morgan fingerprint density at radius 2 is 2.06 bits per heavy atom. The van der Waals surface area contributed by atoms with E-state index in [1.165, 1.54) is 6.42 Å². The molecular formula is C13H28N2O2S. The molecule has 0 bridgehead atoms. The zero-order valence-corrected chi connectivity index (χ0v) is 13.0. The first-order valence-corrected chi connectivity index (χ1v) is 8.79. The van der Waals surface area contributed by atoms with Crippen LogP contribution >= 0.6 is 0 Å². The van der Waals surface area contributed by atoms with Crippen LogP contribution in [0.3, 0.4) is 0 Å². The second-order valence-electron chi connectivity index (χ2n) is 5.85. The average molecular weight is 276 g/mol. The minimum absolute atomic E-state index is 0.109. The van der Waals surface area contributed by atoms with Crippen molar-refractivity contribution in [2.75, 3.05) is 37.7 Å². The summed E-state index contributed by atoms with van der Waals surface area (Å²) in [6.45, 7) is 12.2. The lowest BCUT2D eigenvalue weighted by Crippen LogP contribution is -2.45. The van der Waals surface area contributed by atoms with Crippen LogP contribution in [0.15, 0.2) is 0 Å². The molecule has 0 saturated carbocycles. The van der Waals surface area contributed by atoms with E-state index in [1.54, 1.807) is 6.92 Å². The molecule has 4 nitrogen and oxygen atoms in total. The van der Waals surface area contributed by atoms with Gasteiger partial charge in [-0.3, -0.25) is 4.90 Å². The van der Waals surface area contributed by atoms with Crippen molar-refractivity contribution in [2.45, 2.75) is 40.2 Å². The molecule has 18 heavy (non-hydrogen) atoms. The van der Waals surface area contributed by atoms with E-state index < -0.39 is 9.84 Å². The van der Waals surface area contributed by atoms with Crippen LogP contribution < -0.4 is 5.32 Å². The number of hydrogen-bond donors (Lipinski definition) is 1. The first-order chi connectivity index (χ1) is 8.32. The summed E-state index contributed by atoms with van der Waals surface area (Å²) in [7, 11) is -2.88. The molecule has 0 radical (unpaired) electrons. The molecule has 108 valence electrons. The number of nitrogens with one attached hydrogen (secondary N) is 1. The molecule has 0 aromatic heterocycles. The molecule has 0 aromatic rings. The molecule has 1 N–H and O–H groups in total. The Balaban J connectivity index is 2.60. The van der Waals surface area contributed by atoms with Crippen LogP contribution in [0, 0.1) is 5.41 Å². The van der Waals surface area contributed by atoms with Gasteiger partial charge in [0.1, 0.15) is 0 Å². The maximum Gasteiger partial charge on any atom is 0.151 e. The van der Waals surface area contributed by atoms with Gasteiger partial charge in [-0.25, -0.2) is 8.42 Å². The smallest absolute Gasteiger partial charge is 0.151 e. The molecule has 1 heterocycles. The predicted molar refractivity (Wildman–Crippen MR) is 76.6 cm³/mol. The molecule has 5 heteroatoms. The summed E-state index contributed by atoms with van der Waals surface area (Å²) < 4.78 is 23.4. The van der Waals surface area contributed by atoms with Gasteiger partial charge in [-0.15, -0.1) is 0 Å². The largest absolute Gasteiger partial charge is 0.316 e. The lowest BCUT2D eigenvalue weighted by molar-refractivity contribution is 0.152. The van der Waals surface area contributed by atoms with E-state index in [0.29, 0.717) is 5.41 Å². The van der Waals surface area contributed by atoms with Crippen molar-refractivity contribution in [3.63, 3.8) is 0 Å². The maximum atomic E-state index is 11.7. The Bertz CT molecular complexity index is 348. The fraction of sp³-hybridized carbons (Fsp3) is 1.00. The van der Waals surface area contributed by atoms with Gasteiger partial charge in [0.15, 0.2) is 9.84 Å². The minimum atomic E-state index is -2.88. The molecule has 1 saturated heterocycles. The second-order valence-corrected chi connectivity index (χ2v) is 8.25. The van der Waals surface area contributed by atoms with Crippen molar-refractivity contribution in [1.29, 1.82) is 0 Å². The highest BCUT2D eigenvalue weighted by Gasteiger charge is 2.32. The average Bonchev–Trinajstić information content (AvgIpc) is 2.72. The molecule has 0 aromatic carbocycles. The molecule has 1 fully saturated rings. The summed E-state index contributed by atoms with van der Waals surface area (Å²) in [5, 5.41) is 3.40. The third-order valence-corrected chi connectivity index (χ3v) is 5.88. The second kappa shape index (κ2) is 6.35. The summed E-state index contributed by atoms with van der Waals surface area (Å²) in [4.78, 5) is 2.31. The fourth-order valence-electron chi connectivity index (χ4n) is 2.66. The van der Waals surface area contributed by atoms with Gasteiger partial charge in [0, 0.05) is 24.9 Å². The van der Waals surface area contributed by atoms with Gasteiger partial charge in [-0.05, 0) is 31.8 Å². The van der Waals surface area contributed by atoms with Crippen LogP contribution in [-0.2, 0) is 9.84 Å². The van der Waals surface area contributed by atoms with Crippen molar-refractivity contribution in [1.82, 2.24) is 10.2 Å². The van der Waals surface area contributed by atoms with E-state index >= 15 is 0 Å². The van der Waals surface area contributed by atoms with E-state index in [1.807, 2.05) is 6.92 Å². The zero-order valence-electron chi connectivity index (χ0n) is 12.2. The Morgan fingerprint density at radius 1 is 1.39 bits per heavy atom. The van der Waals surface area contributed by atoms with Crippen LogP contribution in [0.5, 0.6) is 0 Å². The maximum absolute atomic E-state index is 11.7. The van der Waals surface area contributed by atoms with Gasteiger partial charge < -0.3 is 5.32 Å². The summed E-state index contributed by atoms with van der Waals surface area (Å²) in [6.07, 6.45) is 1.18. The Labute approximate surface area is 112 Å². The fourth-order valence-corrected chi connectivity index (χ4v) is 3.85. The van der Waals surface area contributed by atoms with E-state index in [2.05, 4.69) is 24.1 Å². The highest BCUT2D eigenvalue weighted by Crippen LogP contribution is 2.26. The van der Waals surface area contributed by atoms with Crippen LogP contribution in [0.1, 0.15) is 34.1 Å². The summed E-state index contributed by atoms with van der Waals surface area (Å²) >= 11 is 0. The van der Waals surface area contributed by atoms with Gasteiger partial charge in [-0.2, -0.15) is 0 Å². The molecule has 0 spiro atoms. The summed E-state index contributed by atoms with van der Waals surface area (Å²) in [5.41, 5.74) is 0.292. The quantitative estimate of drug-likeness (QED) is 0.757. The topological polar surface area (TPSA) is 49.4 Å². The van der Waals surface area contributed by atoms with Crippen LogP contribution in [-0.4, -0.2) is 57.0 Å². The van der Waals surface area contributed by atoms with Crippen molar-refractivity contribution < 1.29 is 8.42 Å². The number of nitrogens with zero attached hydrogens (tertiary/aromatic N) is 1.